The lowest BCUT2D eigenvalue weighted by molar-refractivity contribution is -0.117. The minimum absolute atomic E-state index is 0.152. The summed E-state index contributed by atoms with van der Waals surface area (Å²) >= 11 is 3.35. The lowest BCUT2D eigenvalue weighted by Gasteiger charge is -2.19. The summed E-state index contributed by atoms with van der Waals surface area (Å²) in [6.07, 6.45) is 0.152. The molecular weight excluding hydrogens is 363 g/mol. The fraction of sp³-hybridized carbons (Fsp3) is 0.176. The van der Waals surface area contributed by atoms with Crippen molar-refractivity contribution < 1.29 is 14.0 Å². The number of amides is 2. The van der Waals surface area contributed by atoms with E-state index in [2.05, 4.69) is 21.2 Å². The summed E-state index contributed by atoms with van der Waals surface area (Å²) < 4.78 is 14.4. The Hall–Kier alpha value is -2.21. The second-order valence-corrected chi connectivity index (χ2v) is 6.01. The van der Waals surface area contributed by atoms with Crippen LogP contribution in [0.15, 0.2) is 46.9 Å². The number of hydrogen-bond donors (Lipinski definition) is 1. The maximum Gasteiger partial charge on any atom is 0.228 e. The van der Waals surface area contributed by atoms with Gasteiger partial charge in [0.25, 0.3) is 0 Å². The highest BCUT2D eigenvalue weighted by atomic mass is 79.9. The van der Waals surface area contributed by atoms with Crippen LogP contribution in [0, 0.1) is 5.82 Å². The van der Waals surface area contributed by atoms with E-state index in [9.17, 15) is 14.0 Å². The molecule has 0 radical (unpaired) electrons. The minimum Gasteiger partial charge on any atom is -0.324 e. The van der Waals surface area contributed by atoms with Gasteiger partial charge >= 0.3 is 0 Å². The Morgan fingerprint density at radius 1 is 1.22 bits per heavy atom. The van der Waals surface area contributed by atoms with Gasteiger partial charge in [-0.25, -0.2) is 4.39 Å². The Morgan fingerprint density at radius 3 is 2.61 bits per heavy atom. The van der Waals surface area contributed by atoms with Crippen molar-refractivity contribution in [1.29, 1.82) is 0 Å². The molecule has 23 heavy (non-hydrogen) atoms. The van der Waals surface area contributed by atoms with Gasteiger partial charge in [0.05, 0.1) is 17.8 Å². The van der Waals surface area contributed by atoms with Crippen LogP contribution in [-0.4, -0.2) is 18.9 Å². The van der Waals surface area contributed by atoms with E-state index < -0.39 is 5.82 Å². The summed E-state index contributed by atoms with van der Waals surface area (Å²) in [6.45, 7) is 1.40. The van der Waals surface area contributed by atoms with Gasteiger partial charge in [0.15, 0.2) is 0 Å². The van der Waals surface area contributed by atoms with Crippen molar-refractivity contribution in [2.24, 2.45) is 0 Å². The molecule has 6 heteroatoms. The van der Waals surface area contributed by atoms with Crippen molar-refractivity contribution in [2.45, 2.75) is 13.3 Å². The molecule has 2 aromatic carbocycles. The molecule has 0 heterocycles. The number of nitrogens with zero attached hydrogens (tertiary/aromatic N) is 1. The average Bonchev–Trinajstić information content (AvgIpc) is 2.46. The van der Waals surface area contributed by atoms with E-state index >= 15 is 0 Å². The molecule has 0 bridgehead atoms. The van der Waals surface area contributed by atoms with E-state index in [4.69, 9.17) is 0 Å². The maximum absolute atomic E-state index is 13.5. The van der Waals surface area contributed by atoms with Crippen LogP contribution in [0.2, 0.25) is 0 Å². The van der Waals surface area contributed by atoms with Crippen LogP contribution in [0.1, 0.15) is 12.5 Å². The Labute approximate surface area is 142 Å². The third kappa shape index (κ3) is 4.63. The summed E-state index contributed by atoms with van der Waals surface area (Å²) in [5.74, 6) is -0.977. The zero-order valence-electron chi connectivity index (χ0n) is 12.8. The molecule has 2 aromatic rings. The average molecular weight is 379 g/mol. The molecule has 0 aliphatic carbocycles. The van der Waals surface area contributed by atoms with Crippen molar-refractivity contribution in [2.75, 3.05) is 17.3 Å². The summed E-state index contributed by atoms with van der Waals surface area (Å²) in [4.78, 5) is 25.1. The Kier molecular flexibility index (Phi) is 5.50. The predicted molar refractivity (Wildman–Crippen MR) is 92.0 cm³/mol. The van der Waals surface area contributed by atoms with E-state index in [1.54, 1.807) is 7.05 Å². The zero-order chi connectivity index (χ0) is 17.0. The first-order chi connectivity index (χ1) is 10.9. The SMILES string of the molecule is CC(=O)N(C)c1ccc(F)cc1NC(=O)Cc1cccc(Br)c1. The summed E-state index contributed by atoms with van der Waals surface area (Å²) in [5, 5.41) is 2.67. The monoisotopic (exact) mass is 378 g/mol. The second-order valence-electron chi connectivity index (χ2n) is 5.09. The molecule has 0 aliphatic rings. The largest absolute Gasteiger partial charge is 0.324 e. The van der Waals surface area contributed by atoms with Gasteiger partial charge in [0.2, 0.25) is 11.8 Å². The molecule has 0 atom stereocenters. The highest BCUT2D eigenvalue weighted by Gasteiger charge is 2.14. The third-order valence-corrected chi connectivity index (χ3v) is 3.81. The number of halogens is 2. The zero-order valence-corrected chi connectivity index (χ0v) is 14.4. The van der Waals surface area contributed by atoms with Gasteiger partial charge in [0, 0.05) is 18.4 Å². The van der Waals surface area contributed by atoms with Crippen LogP contribution in [0.4, 0.5) is 15.8 Å². The summed E-state index contributed by atoms with van der Waals surface area (Å²) in [5.41, 5.74) is 1.54. The van der Waals surface area contributed by atoms with Gasteiger partial charge in [-0.1, -0.05) is 28.1 Å². The number of benzene rings is 2. The molecule has 0 spiro atoms. The molecule has 0 unspecified atom stereocenters. The number of nitrogens with one attached hydrogen (secondary N) is 1. The van der Waals surface area contributed by atoms with Crippen LogP contribution < -0.4 is 10.2 Å². The van der Waals surface area contributed by atoms with Crippen molar-refractivity contribution in [3.63, 3.8) is 0 Å². The van der Waals surface area contributed by atoms with Crippen molar-refractivity contribution in [1.82, 2.24) is 0 Å². The lowest BCUT2D eigenvalue weighted by atomic mass is 10.1. The van der Waals surface area contributed by atoms with Crippen LogP contribution in [0.25, 0.3) is 0 Å². The quantitative estimate of drug-likeness (QED) is 0.880. The topological polar surface area (TPSA) is 49.4 Å². The van der Waals surface area contributed by atoms with Crippen molar-refractivity contribution in [3.8, 4) is 0 Å². The van der Waals surface area contributed by atoms with Crippen molar-refractivity contribution >= 4 is 39.1 Å². The number of rotatable bonds is 4. The van der Waals surface area contributed by atoms with Crippen LogP contribution in [0.5, 0.6) is 0 Å². The van der Waals surface area contributed by atoms with Crippen LogP contribution in [0.3, 0.4) is 0 Å². The van der Waals surface area contributed by atoms with Crippen LogP contribution >= 0.6 is 15.9 Å². The van der Waals surface area contributed by atoms with Gasteiger partial charge in [-0.3, -0.25) is 9.59 Å². The smallest absolute Gasteiger partial charge is 0.228 e. The highest BCUT2D eigenvalue weighted by molar-refractivity contribution is 9.10. The highest BCUT2D eigenvalue weighted by Crippen LogP contribution is 2.26. The standard InChI is InChI=1S/C17H16BrFN2O2/c1-11(22)21(2)16-7-6-14(19)10-15(16)20-17(23)9-12-4-3-5-13(18)8-12/h3-8,10H,9H2,1-2H3,(H,20,23). The molecule has 120 valence electrons. The first kappa shape index (κ1) is 17.1. The van der Waals surface area contributed by atoms with Crippen LogP contribution in [-0.2, 0) is 16.0 Å². The third-order valence-electron chi connectivity index (χ3n) is 3.32. The van der Waals surface area contributed by atoms with Gasteiger partial charge in [0.1, 0.15) is 5.82 Å². The second kappa shape index (κ2) is 7.37. The predicted octanol–water partition coefficient (Wildman–Crippen LogP) is 3.75. The first-order valence-electron chi connectivity index (χ1n) is 6.95. The molecule has 0 fully saturated rings. The van der Waals surface area contributed by atoms with E-state index in [0.717, 1.165) is 10.0 Å². The molecule has 4 nitrogen and oxygen atoms in total. The lowest BCUT2D eigenvalue weighted by Crippen LogP contribution is -2.25. The number of hydrogen-bond acceptors (Lipinski definition) is 2. The normalized spacial score (nSPS) is 10.3. The van der Waals surface area contributed by atoms with Gasteiger partial charge in [-0.2, -0.15) is 0 Å². The Balaban J connectivity index is 2.20. The number of carbonyl (C=O) groups is 2. The van der Waals surface area contributed by atoms with Crippen molar-refractivity contribution in [3.05, 3.63) is 58.3 Å². The molecule has 2 amide bonds. The van der Waals surface area contributed by atoms with E-state index in [0.29, 0.717) is 5.69 Å². The first-order valence-corrected chi connectivity index (χ1v) is 7.74. The van der Waals surface area contributed by atoms with E-state index in [1.807, 2.05) is 24.3 Å². The molecule has 0 saturated heterocycles. The summed E-state index contributed by atoms with van der Waals surface area (Å²) in [6, 6.07) is 11.3. The molecule has 0 aromatic heterocycles. The Bertz CT molecular complexity index is 749. The van der Waals surface area contributed by atoms with E-state index in [1.165, 1.54) is 30.0 Å². The summed E-state index contributed by atoms with van der Waals surface area (Å²) in [7, 11) is 1.57. The van der Waals surface area contributed by atoms with Gasteiger partial charge in [-0.15, -0.1) is 0 Å². The maximum atomic E-state index is 13.5. The molecule has 1 N–H and O–H groups in total. The molecular formula is C17H16BrFN2O2. The van der Waals surface area contributed by atoms with E-state index in [-0.39, 0.29) is 23.9 Å². The molecule has 2 rings (SSSR count). The fourth-order valence-electron chi connectivity index (χ4n) is 2.10. The van der Waals surface area contributed by atoms with Gasteiger partial charge < -0.3 is 10.2 Å². The number of anilines is 2. The number of carbonyl (C=O) groups excluding carboxylic acids is 2. The minimum atomic E-state index is -0.483. The molecule has 0 aliphatic heterocycles. The Morgan fingerprint density at radius 2 is 1.96 bits per heavy atom. The van der Waals surface area contributed by atoms with Gasteiger partial charge in [-0.05, 0) is 35.9 Å². The molecule has 0 saturated carbocycles. The fourth-order valence-corrected chi connectivity index (χ4v) is 2.54.